The van der Waals surface area contributed by atoms with E-state index in [4.69, 9.17) is 0 Å². The number of carbonyl (C=O) groups is 2. The van der Waals surface area contributed by atoms with Gasteiger partial charge in [-0.15, -0.1) is 11.3 Å². The number of hydrogen-bond donors (Lipinski definition) is 0. The van der Waals surface area contributed by atoms with E-state index in [1.165, 1.54) is 0 Å². The second-order valence-electron chi connectivity index (χ2n) is 6.73. The maximum absolute atomic E-state index is 12.6. The molecule has 0 aliphatic carbocycles. The van der Waals surface area contributed by atoms with Crippen molar-refractivity contribution in [2.24, 2.45) is 0 Å². The minimum absolute atomic E-state index is 0.0275. The summed E-state index contributed by atoms with van der Waals surface area (Å²) in [5, 5.41) is 2.89. The van der Waals surface area contributed by atoms with Crippen LogP contribution in [0.15, 0.2) is 66.0 Å². The molecule has 142 valence electrons. The van der Waals surface area contributed by atoms with Crippen LogP contribution in [0, 0.1) is 0 Å². The Morgan fingerprint density at radius 3 is 2.14 bits per heavy atom. The van der Waals surface area contributed by atoms with Crippen LogP contribution in [0.25, 0.3) is 10.6 Å². The Balaban J connectivity index is 1.32. The summed E-state index contributed by atoms with van der Waals surface area (Å²) in [5.74, 6) is 0.0939. The summed E-state index contributed by atoms with van der Waals surface area (Å²) < 4.78 is 0. The van der Waals surface area contributed by atoms with Crippen LogP contribution in [-0.4, -0.2) is 52.8 Å². The first kappa shape index (κ1) is 18.4. The molecule has 0 atom stereocenters. The van der Waals surface area contributed by atoms with Gasteiger partial charge >= 0.3 is 0 Å². The molecule has 2 aromatic carbocycles. The molecule has 0 spiro atoms. The zero-order chi connectivity index (χ0) is 19.3. The van der Waals surface area contributed by atoms with Crippen molar-refractivity contribution in [3.8, 4) is 10.6 Å². The van der Waals surface area contributed by atoms with Gasteiger partial charge in [0.1, 0.15) is 5.01 Å². The lowest BCUT2D eigenvalue weighted by Crippen LogP contribution is -2.51. The standard InChI is InChI=1S/C22H21N3O2S/c26-20(15-19-16-28-21(23-19)17-7-3-1-4-8-17)24-11-13-25(14-12-24)22(27)18-9-5-2-6-10-18/h1-10,16H,11-15H2. The molecule has 0 unspecified atom stereocenters. The Kier molecular flexibility index (Phi) is 5.48. The first-order chi connectivity index (χ1) is 13.7. The van der Waals surface area contributed by atoms with Gasteiger partial charge in [-0.1, -0.05) is 48.5 Å². The van der Waals surface area contributed by atoms with Gasteiger partial charge in [0.15, 0.2) is 0 Å². The third kappa shape index (κ3) is 4.12. The van der Waals surface area contributed by atoms with Crippen molar-refractivity contribution >= 4 is 23.2 Å². The third-order valence-electron chi connectivity index (χ3n) is 4.85. The fourth-order valence-electron chi connectivity index (χ4n) is 3.29. The highest BCUT2D eigenvalue weighted by atomic mass is 32.1. The molecule has 1 saturated heterocycles. The Morgan fingerprint density at radius 1 is 0.857 bits per heavy atom. The van der Waals surface area contributed by atoms with Gasteiger partial charge in [0.05, 0.1) is 12.1 Å². The summed E-state index contributed by atoms with van der Waals surface area (Å²) in [4.78, 5) is 33.4. The normalized spacial score (nSPS) is 14.1. The molecule has 6 heteroatoms. The van der Waals surface area contributed by atoms with Crippen LogP contribution in [0.5, 0.6) is 0 Å². The molecule has 5 nitrogen and oxygen atoms in total. The van der Waals surface area contributed by atoms with Crippen LogP contribution < -0.4 is 0 Å². The van der Waals surface area contributed by atoms with E-state index in [2.05, 4.69) is 4.98 Å². The van der Waals surface area contributed by atoms with E-state index in [1.54, 1.807) is 11.3 Å². The fraction of sp³-hybridized carbons (Fsp3) is 0.227. The summed E-state index contributed by atoms with van der Waals surface area (Å²) in [6.07, 6.45) is 0.302. The van der Waals surface area contributed by atoms with Gasteiger partial charge in [0, 0.05) is 42.7 Å². The molecule has 4 rings (SSSR count). The summed E-state index contributed by atoms with van der Waals surface area (Å²) in [6, 6.07) is 19.3. The summed E-state index contributed by atoms with van der Waals surface area (Å²) in [7, 11) is 0. The highest BCUT2D eigenvalue weighted by molar-refractivity contribution is 7.13. The lowest BCUT2D eigenvalue weighted by molar-refractivity contribution is -0.132. The van der Waals surface area contributed by atoms with Crippen molar-refractivity contribution in [3.05, 3.63) is 77.3 Å². The van der Waals surface area contributed by atoms with Crippen molar-refractivity contribution in [1.29, 1.82) is 0 Å². The molecule has 2 amide bonds. The summed E-state index contributed by atoms with van der Waals surface area (Å²) >= 11 is 1.56. The van der Waals surface area contributed by atoms with Crippen LogP contribution in [0.2, 0.25) is 0 Å². The average Bonchev–Trinajstić information content (AvgIpc) is 3.23. The summed E-state index contributed by atoms with van der Waals surface area (Å²) in [5.41, 5.74) is 2.56. The van der Waals surface area contributed by atoms with Gasteiger partial charge < -0.3 is 9.80 Å². The predicted molar refractivity (Wildman–Crippen MR) is 110 cm³/mol. The smallest absolute Gasteiger partial charge is 0.253 e. The predicted octanol–water partition coefficient (Wildman–Crippen LogP) is 3.34. The van der Waals surface area contributed by atoms with E-state index < -0.39 is 0 Å². The highest BCUT2D eigenvalue weighted by Gasteiger charge is 2.25. The first-order valence-electron chi connectivity index (χ1n) is 9.32. The van der Waals surface area contributed by atoms with Crippen molar-refractivity contribution in [3.63, 3.8) is 0 Å². The number of hydrogen-bond acceptors (Lipinski definition) is 4. The quantitative estimate of drug-likeness (QED) is 0.685. The minimum Gasteiger partial charge on any atom is -0.339 e. The maximum Gasteiger partial charge on any atom is 0.253 e. The second kappa shape index (κ2) is 8.35. The van der Waals surface area contributed by atoms with E-state index in [0.717, 1.165) is 16.3 Å². The third-order valence-corrected chi connectivity index (χ3v) is 5.79. The summed E-state index contributed by atoms with van der Waals surface area (Å²) in [6.45, 7) is 2.25. The largest absolute Gasteiger partial charge is 0.339 e. The van der Waals surface area contributed by atoms with Gasteiger partial charge in [-0.3, -0.25) is 9.59 Å². The molecule has 3 aromatic rings. The Hall–Kier alpha value is -2.99. The van der Waals surface area contributed by atoms with Crippen molar-refractivity contribution < 1.29 is 9.59 Å². The van der Waals surface area contributed by atoms with Crippen LogP contribution in [0.4, 0.5) is 0 Å². The van der Waals surface area contributed by atoms with Gasteiger partial charge in [-0.2, -0.15) is 0 Å². The van der Waals surface area contributed by atoms with Gasteiger partial charge in [0.2, 0.25) is 5.91 Å². The first-order valence-corrected chi connectivity index (χ1v) is 10.2. The van der Waals surface area contributed by atoms with Crippen molar-refractivity contribution in [2.45, 2.75) is 6.42 Å². The average molecular weight is 391 g/mol. The number of aromatic nitrogens is 1. The number of thiazole rings is 1. The molecule has 2 heterocycles. The highest BCUT2D eigenvalue weighted by Crippen LogP contribution is 2.23. The van der Waals surface area contributed by atoms with E-state index in [0.29, 0.717) is 38.2 Å². The van der Waals surface area contributed by atoms with E-state index in [9.17, 15) is 9.59 Å². The Labute approximate surface area is 168 Å². The molecule has 1 fully saturated rings. The molecular weight excluding hydrogens is 370 g/mol. The Morgan fingerprint density at radius 2 is 1.46 bits per heavy atom. The number of piperazine rings is 1. The van der Waals surface area contributed by atoms with Crippen LogP contribution in [0.3, 0.4) is 0 Å². The number of benzene rings is 2. The molecule has 0 bridgehead atoms. The second-order valence-corrected chi connectivity index (χ2v) is 7.58. The van der Waals surface area contributed by atoms with Gasteiger partial charge in [-0.25, -0.2) is 4.98 Å². The molecule has 1 aliphatic rings. The lowest BCUT2D eigenvalue weighted by Gasteiger charge is -2.34. The van der Waals surface area contributed by atoms with Gasteiger partial charge in [-0.05, 0) is 12.1 Å². The van der Waals surface area contributed by atoms with E-state index in [1.807, 2.05) is 75.8 Å². The fourth-order valence-corrected chi connectivity index (χ4v) is 4.12. The SMILES string of the molecule is O=C(Cc1csc(-c2ccccc2)n1)N1CCN(C(=O)c2ccccc2)CC1. The number of nitrogens with zero attached hydrogens (tertiary/aromatic N) is 3. The van der Waals surface area contributed by atoms with E-state index in [-0.39, 0.29) is 11.8 Å². The number of amides is 2. The zero-order valence-electron chi connectivity index (χ0n) is 15.5. The molecule has 28 heavy (non-hydrogen) atoms. The maximum atomic E-state index is 12.6. The van der Waals surface area contributed by atoms with Crippen LogP contribution in [0.1, 0.15) is 16.1 Å². The van der Waals surface area contributed by atoms with Gasteiger partial charge in [0.25, 0.3) is 5.91 Å². The topological polar surface area (TPSA) is 53.5 Å². The van der Waals surface area contributed by atoms with Crippen LogP contribution in [-0.2, 0) is 11.2 Å². The molecule has 0 saturated carbocycles. The monoisotopic (exact) mass is 391 g/mol. The molecule has 0 radical (unpaired) electrons. The Bertz CT molecular complexity index is 948. The molecule has 0 N–H and O–H groups in total. The zero-order valence-corrected chi connectivity index (χ0v) is 16.3. The molecule has 1 aliphatic heterocycles. The van der Waals surface area contributed by atoms with Crippen molar-refractivity contribution in [2.75, 3.05) is 26.2 Å². The molecule has 1 aromatic heterocycles. The van der Waals surface area contributed by atoms with Crippen LogP contribution >= 0.6 is 11.3 Å². The minimum atomic E-state index is 0.0275. The van der Waals surface area contributed by atoms with E-state index >= 15 is 0 Å². The molecular formula is C22H21N3O2S. The number of rotatable bonds is 4. The number of carbonyl (C=O) groups excluding carboxylic acids is 2. The lowest BCUT2D eigenvalue weighted by atomic mass is 10.1. The van der Waals surface area contributed by atoms with Crippen molar-refractivity contribution in [1.82, 2.24) is 14.8 Å².